The lowest BCUT2D eigenvalue weighted by atomic mass is 9.95. The van der Waals surface area contributed by atoms with Crippen molar-refractivity contribution in [3.8, 4) is 11.5 Å². The molecule has 2 aromatic rings. The van der Waals surface area contributed by atoms with E-state index in [4.69, 9.17) is 9.47 Å². The normalized spacial score (nSPS) is 17.6. The highest BCUT2D eigenvalue weighted by molar-refractivity contribution is 5.95. The van der Waals surface area contributed by atoms with Crippen LogP contribution in [0.15, 0.2) is 48.5 Å². The second-order valence-corrected chi connectivity index (χ2v) is 7.42. The number of para-hydroxylation sites is 1. The van der Waals surface area contributed by atoms with E-state index in [9.17, 15) is 9.59 Å². The zero-order chi connectivity index (χ0) is 21.5. The van der Waals surface area contributed by atoms with Crippen LogP contribution in [0.2, 0.25) is 0 Å². The van der Waals surface area contributed by atoms with Gasteiger partial charge in [-0.15, -0.1) is 0 Å². The van der Waals surface area contributed by atoms with Gasteiger partial charge in [-0.25, -0.2) is 0 Å². The minimum Gasteiger partial charge on any atom is -0.493 e. The number of nitrogens with one attached hydrogen (secondary N) is 2. The van der Waals surface area contributed by atoms with Crippen molar-refractivity contribution >= 4 is 23.2 Å². The van der Waals surface area contributed by atoms with Crippen LogP contribution in [0.3, 0.4) is 0 Å². The largest absolute Gasteiger partial charge is 0.493 e. The molecule has 2 unspecified atom stereocenters. The lowest BCUT2D eigenvalue weighted by Gasteiger charge is -2.35. The summed E-state index contributed by atoms with van der Waals surface area (Å²) in [6.45, 7) is 3.21. The molecule has 30 heavy (non-hydrogen) atoms. The van der Waals surface area contributed by atoms with Crippen LogP contribution in [0.25, 0.3) is 0 Å². The molecule has 2 N–H and O–H groups in total. The van der Waals surface area contributed by atoms with E-state index in [0.717, 1.165) is 25.1 Å². The lowest BCUT2D eigenvalue weighted by Crippen LogP contribution is -2.49. The van der Waals surface area contributed by atoms with Gasteiger partial charge in [0.15, 0.2) is 11.5 Å². The summed E-state index contributed by atoms with van der Waals surface area (Å²) >= 11 is 0. The molecular formula is C23H29N3O4. The molecule has 0 saturated carbocycles. The number of methoxy groups -OCH3 is 2. The summed E-state index contributed by atoms with van der Waals surface area (Å²) in [5.74, 6) is 0.894. The van der Waals surface area contributed by atoms with Gasteiger partial charge in [-0.05, 0) is 50.6 Å². The number of carbonyl (C=O) groups is 2. The fourth-order valence-electron chi connectivity index (χ4n) is 3.66. The Balaban J connectivity index is 1.59. The second-order valence-electron chi connectivity index (χ2n) is 7.42. The molecule has 1 aliphatic rings. The van der Waals surface area contributed by atoms with E-state index in [1.54, 1.807) is 32.4 Å². The Bertz CT molecular complexity index is 872. The molecule has 0 aromatic heterocycles. The fraction of sp³-hybridized carbons (Fsp3) is 0.391. The first kappa shape index (κ1) is 21.6. The lowest BCUT2D eigenvalue weighted by molar-refractivity contribution is -0.125. The molecule has 0 radical (unpaired) electrons. The first-order valence-electron chi connectivity index (χ1n) is 10.1. The number of benzene rings is 2. The van der Waals surface area contributed by atoms with Crippen LogP contribution in [0, 0.1) is 5.92 Å². The van der Waals surface area contributed by atoms with Crippen LogP contribution < -0.4 is 20.1 Å². The van der Waals surface area contributed by atoms with Gasteiger partial charge in [-0.2, -0.15) is 0 Å². The molecule has 1 saturated heterocycles. The molecule has 7 nitrogen and oxygen atoms in total. The third-order valence-corrected chi connectivity index (χ3v) is 5.44. The Morgan fingerprint density at radius 1 is 1.00 bits per heavy atom. The Labute approximate surface area is 177 Å². The molecule has 1 fully saturated rings. The standard InChI is InChI=1S/C23H29N3O4/c1-16(22(27)25-19-11-12-20(29-2)21(14-19)30-3)26-13-7-8-17(15-26)23(28)24-18-9-5-4-6-10-18/h4-6,9-12,14,16-17H,7-8,13,15H2,1-3H3,(H,24,28)(H,25,27). The zero-order valence-electron chi connectivity index (χ0n) is 17.7. The molecule has 3 rings (SSSR count). The summed E-state index contributed by atoms with van der Waals surface area (Å²) in [5.41, 5.74) is 1.43. The summed E-state index contributed by atoms with van der Waals surface area (Å²) < 4.78 is 10.5. The molecular weight excluding hydrogens is 382 g/mol. The molecule has 0 spiro atoms. The fourth-order valence-corrected chi connectivity index (χ4v) is 3.66. The highest BCUT2D eigenvalue weighted by atomic mass is 16.5. The Morgan fingerprint density at radius 2 is 1.73 bits per heavy atom. The van der Waals surface area contributed by atoms with Crippen LogP contribution in [-0.4, -0.2) is 50.1 Å². The number of hydrogen-bond donors (Lipinski definition) is 2. The molecule has 0 aliphatic carbocycles. The van der Waals surface area contributed by atoms with Gasteiger partial charge >= 0.3 is 0 Å². The number of piperidine rings is 1. The third kappa shape index (κ3) is 5.30. The van der Waals surface area contributed by atoms with E-state index < -0.39 is 0 Å². The molecule has 160 valence electrons. The number of likely N-dealkylation sites (tertiary alicyclic amines) is 1. The average molecular weight is 412 g/mol. The van der Waals surface area contributed by atoms with E-state index in [2.05, 4.69) is 15.5 Å². The van der Waals surface area contributed by atoms with Gasteiger partial charge in [0.2, 0.25) is 11.8 Å². The van der Waals surface area contributed by atoms with Crippen molar-refractivity contribution in [1.29, 1.82) is 0 Å². The molecule has 1 heterocycles. The topological polar surface area (TPSA) is 79.9 Å². The summed E-state index contributed by atoms with van der Waals surface area (Å²) in [4.78, 5) is 27.5. The summed E-state index contributed by atoms with van der Waals surface area (Å²) in [6, 6.07) is 14.3. The number of anilines is 2. The van der Waals surface area contributed by atoms with E-state index >= 15 is 0 Å². The Kier molecular flexibility index (Phi) is 7.30. The van der Waals surface area contributed by atoms with Crippen molar-refractivity contribution in [2.45, 2.75) is 25.8 Å². The number of hydrogen-bond acceptors (Lipinski definition) is 5. The Morgan fingerprint density at radius 3 is 2.43 bits per heavy atom. The number of amides is 2. The predicted octanol–water partition coefficient (Wildman–Crippen LogP) is 3.38. The predicted molar refractivity (Wildman–Crippen MR) is 117 cm³/mol. The SMILES string of the molecule is COc1ccc(NC(=O)C(C)N2CCCC(C(=O)Nc3ccccc3)C2)cc1OC. The number of carbonyl (C=O) groups excluding carboxylic acids is 2. The van der Waals surface area contributed by atoms with Crippen LogP contribution >= 0.6 is 0 Å². The van der Waals surface area contributed by atoms with E-state index in [1.807, 2.05) is 37.3 Å². The van der Waals surface area contributed by atoms with Crippen molar-refractivity contribution in [2.75, 3.05) is 37.9 Å². The van der Waals surface area contributed by atoms with Crippen molar-refractivity contribution in [3.63, 3.8) is 0 Å². The van der Waals surface area contributed by atoms with Crippen molar-refractivity contribution < 1.29 is 19.1 Å². The van der Waals surface area contributed by atoms with Crippen LogP contribution in [0.5, 0.6) is 11.5 Å². The summed E-state index contributed by atoms with van der Waals surface area (Å²) in [7, 11) is 3.12. The number of ether oxygens (including phenoxy) is 2. The average Bonchev–Trinajstić information content (AvgIpc) is 2.79. The third-order valence-electron chi connectivity index (χ3n) is 5.44. The van der Waals surface area contributed by atoms with Gasteiger partial charge in [-0.3, -0.25) is 14.5 Å². The highest BCUT2D eigenvalue weighted by Crippen LogP contribution is 2.30. The van der Waals surface area contributed by atoms with E-state index in [0.29, 0.717) is 23.7 Å². The maximum absolute atomic E-state index is 12.8. The summed E-state index contributed by atoms with van der Waals surface area (Å²) in [5, 5.41) is 5.90. The van der Waals surface area contributed by atoms with Crippen molar-refractivity contribution in [2.24, 2.45) is 5.92 Å². The van der Waals surface area contributed by atoms with Crippen LogP contribution in [-0.2, 0) is 9.59 Å². The Hall–Kier alpha value is -3.06. The first-order chi connectivity index (χ1) is 14.5. The molecule has 2 amide bonds. The summed E-state index contributed by atoms with van der Waals surface area (Å²) in [6.07, 6.45) is 1.69. The maximum Gasteiger partial charge on any atom is 0.241 e. The van der Waals surface area contributed by atoms with Crippen molar-refractivity contribution in [3.05, 3.63) is 48.5 Å². The van der Waals surface area contributed by atoms with E-state index in [1.165, 1.54) is 0 Å². The van der Waals surface area contributed by atoms with Gasteiger partial charge in [-0.1, -0.05) is 18.2 Å². The maximum atomic E-state index is 12.8. The molecule has 1 aliphatic heterocycles. The van der Waals surface area contributed by atoms with Gasteiger partial charge in [0.25, 0.3) is 0 Å². The van der Waals surface area contributed by atoms with Gasteiger partial charge < -0.3 is 20.1 Å². The van der Waals surface area contributed by atoms with E-state index in [-0.39, 0.29) is 23.8 Å². The molecule has 2 atom stereocenters. The number of rotatable bonds is 7. The smallest absolute Gasteiger partial charge is 0.241 e. The van der Waals surface area contributed by atoms with Crippen molar-refractivity contribution in [1.82, 2.24) is 4.90 Å². The van der Waals surface area contributed by atoms with Crippen LogP contribution in [0.4, 0.5) is 11.4 Å². The number of nitrogens with zero attached hydrogens (tertiary/aromatic N) is 1. The van der Waals surface area contributed by atoms with Gasteiger partial charge in [0.05, 0.1) is 26.2 Å². The molecule has 2 aromatic carbocycles. The minimum absolute atomic E-state index is 0.00148. The molecule has 0 bridgehead atoms. The first-order valence-corrected chi connectivity index (χ1v) is 10.1. The minimum atomic E-state index is -0.356. The van der Waals surface area contributed by atoms with Crippen LogP contribution in [0.1, 0.15) is 19.8 Å². The second kappa shape index (κ2) is 10.1. The molecule has 7 heteroatoms. The monoisotopic (exact) mass is 411 g/mol. The quantitative estimate of drug-likeness (QED) is 0.730. The van der Waals surface area contributed by atoms with Gasteiger partial charge in [0, 0.05) is 24.0 Å². The van der Waals surface area contributed by atoms with Gasteiger partial charge in [0.1, 0.15) is 0 Å². The highest BCUT2D eigenvalue weighted by Gasteiger charge is 2.31. The zero-order valence-corrected chi connectivity index (χ0v) is 17.7.